The fourth-order valence-electron chi connectivity index (χ4n) is 12.0. The number of carbonyl (C=O) groups excluding carboxylic acids is 1. The van der Waals surface area contributed by atoms with Crippen LogP contribution in [-0.2, 0) is 23.8 Å². The van der Waals surface area contributed by atoms with E-state index in [2.05, 4.69) is 80.6 Å². The minimum absolute atomic E-state index is 0.153. The van der Waals surface area contributed by atoms with Gasteiger partial charge in [-0.1, -0.05) is 74.0 Å². The van der Waals surface area contributed by atoms with Crippen LogP contribution in [0.3, 0.4) is 0 Å². The molecule has 1 aliphatic heterocycles. The lowest BCUT2D eigenvalue weighted by atomic mass is 9.34. The molecule has 0 amide bonds. The number of nitrogens with one attached hydrogen (secondary N) is 1. The molecule has 0 spiro atoms. The molecule has 3 saturated carbocycles. The first-order valence-corrected chi connectivity index (χ1v) is 18.3. The minimum Gasteiger partial charge on any atom is -0.481 e. The summed E-state index contributed by atoms with van der Waals surface area (Å²) < 4.78 is 19.7. The van der Waals surface area contributed by atoms with Crippen molar-refractivity contribution >= 4 is 11.9 Å². The van der Waals surface area contributed by atoms with Crippen molar-refractivity contribution < 1.29 is 28.9 Å². The normalized spacial score (nSPS) is 45.5. The van der Waals surface area contributed by atoms with Crippen molar-refractivity contribution in [2.24, 2.45) is 62.6 Å². The first-order valence-electron chi connectivity index (χ1n) is 18.3. The van der Waals surface area contributed by atoms with Gasteiger partial charge in [-0.3, -0.25) is 9.59 Å². The summed E-state index contributed by atoms with van der Waals surface area (Å²) in [5.74, 6) is 0.377. The van der Waals surface area contributed by atoms with E-state index in [4.69, 9.17) is 14.2 Å². The number of aliphatic carboxylic acids is 1. The molecule has 0 aromatic rings. The smallest absolute Gasteiger partial charge is 0.307 e. The molecule has 1 saturated heterocycles. The van der Waals surface area contributed by atoms with Crippen molar-refractivity contribution in [3.63, 3.8) is 0 Å². The summed E-state index contributed by atoms with van der Waals surface area (Å²) in [6, 6.07) is 0. The Morgan fingerprint density at radius 3 is 2.30 bits per heavy atom. The number of hydrogen-bond acceptors (Lipinski definition) is 6. The van der Waals surface area contributed by atoms with Crippen molar-refractivity contribution in [1.82, 2.24) is 5.32 Å². The molecule has 1 heterocycles. The maximum Gasteiger partial charge on any atom is 0.307 e. The number of carbonyl (C=O) groups is 2. The number of allylic oxidation sites excluding steroid dienone is 1. The van der Waals surface area contributed by atoms with Crippen LogP contribution in [0.5, 0.6) is 0 Å². The summed E-state index contributed by atoms with van der Waals surface area (Å²) in [7, 11) is 1.99. The Kier molecular flexibility index (Phi) is 9.25. The molecule has 0 aromatic carbocycles. The molecule has 0 unspecified atom stereocenters. The SMILES string of the molecule is CN[C@](C)(CO[C@H]1[C@H](OC(C)=O)C[C@@]23COC[C@]1(C)[C@@H]2CC[C@H]1C3=CC[C@@]2(C)[C@H](C(=O)O)[C@@](C)([C@H](C)C(C)C)CC[C@]12C)C(C)C. The molecular formula is C39H65NO6. The molecule has 2 bridgehead atoms. The van der Waals surface area contributed by atoms with Crippen LogP contribution in [0, 0.1) is 62.6 Å². The van der Waals surface area contributed by atoms with Gasteiger partial charge in [0.2, 0.25) is 0 Å². The van der Waals surface area contributed by atoms with Crippen LogP contribution in [0.15, 0.2) is 11.6 Å². The lowest BCUT2D eigenvalue weighted by Crippen LogP contribution is -2.70. The topological polar surface area (TPSA) is 94.1 Å². The van der Waals surface area contributed by atoms with Crippen LogP contribution in [0.2, 0.25) is 0 Å². The van der Waals surface area contributed by atoms with Crippen LogP contribution in [0.1, 0.15) is 115 Å². The lowest BCUT2D eigenvalue weighted by molar-refractivity contribution is -0.269. The number of rotatable bonds is 9. The molecule has 12 atom stereocenters. The van der Waals surface area contributed by atoms with Crippen LogP contribution in [0.25, 0.3) is 0 Å². The zero-order chi connectivity index (χ0) is 34.3. The molecule has 5 aliphatic rings. The van der Waals surface area contributed by atoms with Gasteiger partial charge in [-0.2, -0.15) is 0 Å². The molecule has 7 heteroatoms. The van der Waals surface area contributed by atoms with Gasteiger partial charge in [0.05, 0.1) is 25.7 Å². The predicted octanol–water partition coefficient (Wildman–Crippen LogP) is 7.53. The van der Waals surface area contributed by atoms with Crippen molar-refractivity contribution in [1.29, 1.82) is 0 Å². The molecule has 0 radical (unpaired) electrons. The molecule has 4 fully saturated rings. The first kappa shape index (κ1) is 35.9. The third-order valence-corrected chi connectivity index (χ3v) is 15.8. The average Bonchev–Trinajstić information content (AvgIpc) is 2.96. The van der Waals surface area contributed by atoms with Crippen LogP contribution in [-0.4, -0.2) is 61.7 Å². The maximum absolute atomic E-state index is 13.4. The molecule has 7 nitrogen and oxygen atoms in total. The maximum atomic E-state index is 13.4. The van der Waals surface area contributed by atoms with Crippen molar-refractivity contribution in [2.75, 3.05) is 26.9 Å². The van der Waals surface area contributed by atoms with Crippen LogP contribution < -0.4 is 5.32 Å². The molecule has 4 aliphatic carbocycles. The van der Waals surface area contributed by atoms with E-state index >= 15 is 0 Å². The highest BCUT2D eigenvalue weighted by Crippen LogP contribution is 2.75. The monoisotopic (exact) mass is 643 g/mol. The third-order valence-electron chi connectivity index (χ3n) is 15.8. The zero-order valence-electron chi connectivity index (χ0n) is 31.0. The van der Waals surface area contributed by atoms with Gasteiger partial charge in [0.25, 0.3) is 0 Å². The second-order valence-corrected chi connectivity index (χ2v) is 18.3. The van der Waals surface area contributed by atoms with E-state index in [0.29, 0.717) is 49.9 Å². The number of carboxylic acid groups (broad SMARTS) is 1. The highest BCUT2D eigenvalue weighted by atomic mass is 16.6. The van der Waals surface area contributed by atoms with Gasteiger partial charge in [0.15, 0.2) is 0 Å². The summed E-state index contributed by atoms with van der Waals surface area (Å²) in [5.41, 5.74) is -0.123. The number of fused-ring (bicyclic) bond motifs is 3. The molecule has 0 aromatic heterocycles. The van der Waals surface area contributed by atoms with Crippen LogP contribution >= 0.6 is 0 Å². The summed E-state index contributed by atoms with van der Waals surface area (Å²) >= 11 is 0. The molecule has 262 valence electrons. The van der Waals surface area contributed by atoms with E-state index in [0.717, 1.165) is 32.1 Å². The summed E-state index contributed by atoms with van der Waals surface area (Å²) in [6.07, 6.45) is 7.31. The van der Waals surface area contributed by atoms with Gasteiger partial charge in [-0.05, 0) is 98.3 Å². The summed E-state index contributed by atoms with van der Waals surface area (Å²) in [6.45, 7) is 25.9. The lowest BCUT2D eigenvalue weighted by Gasteiger charge is -2.71. The second-order valence-electron chi connectivity index (χ2n) is 18.3. The second kappa shape index (κ2) is 11.9. The van der Waals surface area contributed by atoms with E-state index in [-0.39, 0.29) is 56.7 Å². The van der Waals surface area contributed by atoms with Crippen molar-refractivity contribution in [3.8, 4) is 0 Å². The largest absolute Gasteiger partial charge is 0.481 e. The first-order chi connectivity index (χ1) is 21.3. The summed E-state index contributed by atoms with van der Waals surface area (Å²) in [4.78, 5) is 26.0. The van der Waals surface area contributed by atoms with Gasteiger partial charge in [-0.15, -0.1) is 0 Å². The quantitative estimate of drug-likeness (QED) is 0.198. The van der Waals surface area contributed by atoms with Crippen molar-refractivity contribution in [3.05, 3.63) is 11.6 Å². The zero-order valence-corrected chi connectivity index (χ0v) is 31.0. The van der Waals surface area contributed by atoms with E-state index in [1.54, 1.807) is 0 Å². The average molecular weight is 644 g/mol. The third kappa shape index (κ3) is 4.97. The molecule has 5 rings (SSSR count). The number of carboxylic acids is 1. The Bertz CT molecular complexity index is 1230. The molecule has 2 N–H and O–H groups in total. The fourth-order valence-corrected chi connectivity index (χ4v) is 12.0. The van der Waals surface area contributed by atoms with Gasteiger partial charge < -0.3 is 24.6 Å². The van der Waals surface area contributed by atoms with Gasteiger partial charge in [0, 0.05) is 23.3 Å². The van der Waals surface area contributed by atoms with Gasteiger partial charge >= 0.3 is 11.9 Å². The standard InChI is InChI=1S/C39H65NO6/c1-23(2)25(5)34(7)17-18-36(9)27-13-14-30-35(8)20-44-22-39(30,28(27)15-16-37(36,10)31(34)33(42)43)19-29(46-26(6)41)32(35)45-21-38(11,40-12)24(3)4/h15,23-25,27,29-32,40H,13-14,16-22H2,1-12H3,(H,42,43)/t25-,27+,29-,30+,31-,32+,34-,35-,36-,37+,38-,39+/m1/s1. The minimum atomic E-state index is -0.636. The molecule has 46 heavy (non-hydrogen) atoms. The fraction of sp³-hybridized carbons (Fsp3) is 0.897. The Labute approximate surface area is 279 Å². The summed E-state index contributed by atoms with van der Waals surface area (Å²) in [5, 5.41) is 14.5. The van der Waals surface area contributed by atoms with E-state index in [9.17, 15) is 14.7 Å². The van der Waals surface area contributed by atoms with E-state index in [1.807, 2.05) is 7.05 Å². The van der Waals surface area contributed by atoms with Crippen molar-refractivity contribution in [2.45, 2.75) is 132 Å². The number of likely N-dealkylation sites (N-methyl/N-ethyl adjacent to an activating group) is 1. The Morgan fingerprint density at radius 1 is 1.07 bits per heavy atom. The van der Waals surface area contributed by atoms with E-state index < -0.39 is 11.9 Å². The number of ether oxygens (including phenoxy) is 3. The Morgan fingerprint density at radius 2 is 1.74 bits per heavy atom. The van der Waals surface area contributed by atoms with Gasteiger partial charge in [-0.25, -0.2) is 0 Å². The number of hydrogen-bond donors (Lipinski definition) is 2. The van der Waals surface area contributed by atoms with E-state index in [1.165, 1.54) is 12.5 Å². The predicted molar refractivity (Wildman–Crippen MR) is 181 cm³/mol. The Balaban J connectivity index is 1.57. The molecular weight excluding hydrogens is 578 g/mol. The highest BCUT2D eigenvalue weighted by molar-refractivity contribution is 5.73. The highest BCUT2D eigenvalue weighted by Gasteiger charge is 2.72. The van der Waals surface area contributed by atoms with Crippen LogP contribution in [0.4, 0.5) is 0 Å². The Hall–Kier alpha value is -1.44. The number of esters is 1. The van der Waals surface area contributed by atoms with Gasteiger partial charge in [0.1, 0.15) is 12.2 Å².